The van der Waals surface area contributed by atoms with Gasteiger partial charge in [0.2, 0.25) is 0 Å². The Bertz CT molecular complexity index is 405. The molecule has 0 spiro atoms. The number of amides is 1. The lowest BCUT2D eigenvalue weighted by molar-refractivity contribution is 0.0949. The van der Waals surface area contributed by atoms with Crippen LogP contribution in [-0.2, 0) is 0 Å². The molecule has 100 valence electrons. The van der Waals surface area contributed by atoms with Gasteiger partial charge >= 0.3 is 0 Å². The van der Waals surface area contributed by atoms with Crippen molar-refractivity contribution in [1.82, 2.24) is 10.2 Å². The zero-order valence-electron chi connectivity index (χ0n) is 11.2. The molecule has 0 saturated heterocycles. The maximum absolute atomic E-state index is 11.9. The Kier molecular flexibility index (Phi) is 5.45. The third-order valence-corrected chi connectivity index (χ3v) is 2.54. The molecule has 0 fully saturated rings. The number of rotatable bonds is 6. The monoisotopic (exact) mass is 251 g/mol. The van der Waals surface area contributed by atoms with Crippen LogP contribution in [0.4, 0.5) is 5.69 Å². The molecule has 0 unspecified atom stereocenters. The Hall–Kier alpha value is -1.75. The SMILES string of the molecule is COc1cc(N)ccc1C(=O)NCCCN(C)C. The van der Waals surface area contributed by atoms with Gasteiger partial charge in [0.25, 0.3) is 5.91 Å². The van der Waals surface area contributed by atoms with Crippen molar-refractivity contribution >= 4 is 11.6 Å². The van der Waals surface area contributed by atoms with Gasteiger partial charge in [-0.05, 0) is 39.2 Å². The number of methoxy groups -OCH3 is 1. The van der Waals surface area contributed by atoms with E-state index in [2.05, 4.69) is 10.2 Å². The topological polar surface area (TPSA) is 67.6 Å². The van der Waals surface area contributed by atoms with Crippen molar-refractivity contribution in [3.05, 3.63) is 23.8 Å². The van der Waals surface area contributed by atoms with Crippen molar-refractivity contribution in [1.29, 1.82) is 0 Å². The Morgan fingerprint density at radius 1 is 1.44 bits per heavy atom. The molecule has 0 aliphatic carbocycles. The summed E-state index contributed by atoms with van der Waals surface area (Å²) in [4.78, 5) is 14.0. The average molecular weight is 251 g/mol. The number of hydrogen-bond acceptors (Lipinski definition) is 4. The largest absolute Gasteiger partial charge is 0.496 e. The Morgan fingerprint density at radius 2 is 2.17 bits per heavy atom. The molecule has 0 saturated carbocycles. The first-order chi connectivity index (χ1) is 8.54. The predicted octanol–water partition coefficient (Wildman–Crippen LogP) is 0.959. The summed E-state index contributed by atoms with van der Waals surface area (Å²) in [7, 11) is 5.53. The molecule has 5 heteroatoms. The molecule has 0 atom stereocenters. The van der Waals surface area contributed by atoms with E-state index in [1.54, 1.807) is 18.2 Å². The molecular weight excluding hydrogens is 230 g/mol. The molecule has 0 radical (unpaired) electrons. The minimum absolute atomic E-state index is 0.134. The van der Waals surface area contributed by atoms with Crippen LogP contribution >= 0.6 is 0 Å². The van der Waals surface area contributed by atoms with Crippen molar-refractivity contribution < 1.29 is 9.53 Å². The van der Waals surface area contributed by atoms with Gasteiger partial charge in [0.15, 0.2) is 0 Å². The Labute approximate surface area is 108 Å². The fourth-order valence-electron chi connectivity index (χ4n) is 1.59. The first kappa shape index (κ1) is 14.3. The summed E-state index contributed by atoms with van der Waals surface area (Å²) in [5.41, 5.74) is 6.73. The first-order valence-electron chi connectivity index (χ1n) is 5.91. The zero-order valence-corrected chi connectivity index (χ0v) is 11.2. The van der Waals surface area contributed by atoms with Crippen LogP contribution in [0.1, 0.15) is 16.8 Å². The van der Waals surface area contributed by atoms with E-state index >= 15 is 0 Å². The summed E-state index contributed by atoms with van der Waals surface area (Å²) in [6.45, 7) is 1.59. The highest BCUT2D eigenvalue weighted by Crippen LogP contribution is 2.21. The van der Waals surface area contributed by atoms with Gasteiger partial charge in [-0.1, -0.05) is 0 Å². The molecule has 0 bridgehead atoms. The summed E-state index contributed by atoms with van der Waals surface area (Å²) < 4.78 is 5.14. The first-order valence-corrected chi connectivity index (χ1v) is 5.91. The molecule has 5 nitrogen and oxygen atoms in total. The van der Waals surface area contributed by atoms with Crippen LogP contribution in [0.15, 0.2) is 18.2 Å². The van der Waals surface area contributed by atoms with Crippen molar-refractivity contribution in [2.75, 3.05) is 40.0 Å². The summed E-state index contributed by atoms with van der Waals surface area (Å²) >= 11 is 0. The van der Waals surface area contributed by atoms with E-state index in [9.17, 15) is 4.79 Å². The lowest BCUT2D eigenvalue weighted by Crippen LogP contribution is -2.27. The number of hydrogen-bond donors (Lipinski definition) is 2. The van der Waals surface area contributed by atoms with E-state index in [0.29, 0.717) is 23.5 Å². The standard InChI is InChI=1S/C13H21N3O2/c1-16(2)8-4-7-15-13(17)11-6-5-10(14)9-12(11)18-3/h5-6,9H,4,7-8,14H2,1-3H3,(H,15,17). The van der Waals surface area contributed by atoms with E-state index in [1.165, 1.54) is 7.11 Å². The number of nitrogen functional groups attached to an aromatic ring is 1. The molecule has 0 aliphatic heterocycles. The van der Waals surface area contributed by atoms with E-state index in [1.807, 2.05) is 14.1 Å². The molecule has 1 amide bonds. The van der Waals surface area contributed by atoms with Crippen LogP contribution in [0, 0.1) is 0 Å². The highest BCUT2D eigenvalue weighted by Gasteiger charge is 2.11. The van der Waals surface area contributed by atoms with E-state index in [4.69, 9.17) is 10.5 Å². The molecule has 0 aromatic heterocycles. The van der Waals surface area contributed by atoms with Crippen LogP contribution in [0.5, 0.6) is 5.75 Å². The highest BCUT2D eigenvalue weighted by molar-refractivity contribution is 5.97. The van der Waals surface area contributed by atoms with Gasteiger partial charge < -0.3 is 20.7 Å². The van der Waals surface area contributed by atoms with Crippen LogP contribution < -0.4 is 15.8 Å². The van der Waals surface area contributed by atoms with E-state index in [0.717, 1.165) is 13.0 Å². The van der Waals surface area contributed by atoms with Crippen molar-refractivity contribution in [3.63, 3.8) is 0 Å². The van der Waals surface area contributed by atoms with Crippen LogP contribution in [0.3, 0.4) is 0 Å². The third-order valence-electron chi connectivity index (χ3n) is 2.54. The summed E-state index contributed by atoms with van der Waals surface area (Å²) in [6.07, 6.45) is 0.913. The number of nitrogens with one attached hydrogen (secondary N) is 1. The maximum Gasteiger partial charge on any atom is 0.255 e. The van der Waals surface area contributed by atoms with Gasteiger partial charge in [0.05, 0.1) is 12.7 Å². The minimum Gasteiger partial charge on any atom is -0.496 e. The molecule has 0 aliphatic rings. The van der Waals surface area contributed by atoms with Crippen molar-refractivity contribution in [2.45, 2.75) is 6.42 Å². The fraction of sp³-hybridized carbons (Fsp3) is 0.462. The average Bonchev–Trinajstić information content (AvgIpc) is 2.33. The Balaban J connectivity index is 2.56. The van der Waals surface area contributed by atoms with Gasteiger partial charge in [-0.2, -0.15) is 0 Å². The van der Waals surface area contributed by atoms with Crippen LogP contribution in [0.25, 0.3) is 0 Å². The van der Waals surface area contributed by atoms with Crippen molar-refractivity contribution in [2.24, 2.45) is 0 Å². The molecule has 0 heterocycles. The van der Waals surface area contributed by atoms with Crippen LogP contribution in [-0.4, -0.2) is 45.1 Å². The zero-order chi connectivity index (χ0) is 13.5. The number of nitrogens with zero attached hydrogens (tertiary/aromatic N) is 1. The molecular formula is C13H21N3O2. The Morgan fingerprint density at radius 3 is 2.78 bits per heavy atom. The highest BCUT2D eigenvalue weighted by atomic mass is 16.5. The van der Waals surface area contributed by atoms with Crippen molar-refractivity contribution in [3.8, 4) is 5.75 Å². The number of carbonyl (C=O) groups excluding carboxylic acids is 1. The summed E-state index contributed by atoms with van der Waals surface area (Å²) in [5, 5.41) is 2.86. The smallest absolute Gasteiger partial charge is 0.255 e. The molecule has 1 aromatic rings. The summed E-state index contributed by atoms with van der Waals surface area (Å²) in [6, 6.07) is 5.02. The van der Waals surface area contributed by atoms with Gasteiger partial charge in [-0.15, -0.1) is 0 Å². The normalized spacial score (nSPS) is 10.4. The van der Waals surface area contributed by atoms with Gasteiger partial charge in [-0.3, -0.25) is 4.79 Å². The minimum atomic E-state index is -0.134. The third kappa shape index (κ3) is 4.25. The lowest BCUT2D eigenvalue weighted by Gasteiger charge is -2.11. The number of benzene rings is 1. The van der Waals surface area contributed by atoms with E-state index in [-0.39, 0.29) is 5.91 Å². The fourth-order valence-corrected chi connectivity index (χ4v) is 1.59. The molecule has 18 heavy (non-hydrogen) atoms. The quantitative estimate of drug-likeness (QED) is 0.583. The number of anilines is 1. The summed E-state index contributed by atoms with van der Waals surface area (Å²) in [5.74, 6) is 0.366. The molecule has 1 aromatic carbocycles. The van der Waals surface area contributed by atoms with Gasteiger partial charge in [0, 0.05) is 18.3 Å². The maximum atomic E-state index is 11.9. The van der Waals surface area contributed by atoms with Gasteiger partial charge in [-0.25, -0.2) is 0 Å². The van der Waals surface area contributed by atoms with Crippen LogP contribution in [0.2, 0.25) is 0 Å². The van der Waals surface area contributed by atoms with E-state index < -0.39 is 0 Å². The second-order valence-corrected chi connectivity index (χ2v) is 4.37. The van der Waals surface area contributed by atoms with Gasteiger partial charge in [0.1, 0.15) is 5.75 Å². The second kappa shape index (κ2) is 6.86. The number of ether oxygens (including phenoxy) is 1. The predicted molar refractivity (Wildman–Crippen MR) is 72.9 cm³/mol. The molecule has 1 rings (SSSR count). The second-order valence-electron chi connectivity index (χ2n) is 4.37. The molecule has 3 N–H and O–H groups in total. The number of carbonyl (C=O) groups is 1. The lowest BCUT2D eigenvalue weighted by atomic mass is 10.1. The number of nitrogens with two attached hydrogens (primary N) is 1.